The number of carbonyl (C=O) groups is 1. The molecular weight excluding hydrogens is 367 g/mol. The summed E-state index contributed by atoms with van der Waals surface area (Å²) in [5.74, 6) is 0.00655. The highest BCUT2D eigenvalue weighted by Crippen LogP contribution is 2.27. The van der Waals surface area contributed by atoms with Crippen molar-refractivity contribution in [2.75, 3.05) is 0 Å². The molecule has 0 aliphatic carbocycles. The predicted molar refractivity (Wildman–Crippen MR) is 83.5 cm³/mol. The van der Waals surface area contributed by atoms with Gasteiger partial charge in [0.1, 0.15) is 0 Å². The van der Waals surface area contributed by atoms with Crippen LogP contribution in [0.1, 0.15) is 16.2 Å². The Morgan fingerprint density at radius 1 is 1.05 bits per heavy atom. The lowest BCUT2D eigenvalue weighted by Crippen LogP contribution is -2.21. The molecule has 0 amide bonds. The number of halogens is 1. The molecule has 0 N–H and O–H groups in total. The van der Waals surface area contributed by atoms with E-state index in [1.165, 1.54) is 4.57 Å². The number of rotatable bonds is 0. The van der Waals surface area contributed by atoms with Crippen LogP contribution in [0, 0.1) is 3.57 Å². The van der Waals surface area contributed by atoms with Gasteiger partial charge in [0.15, 0.2) is 5.82 Å². The number of hydrogen-bond acceptors (Lipinski definition) is 3. The minimum absolute atomic E-state index is 0.193. The van der Waals surface area contributed by atoms with E-state index in [0.717, 1.165) is 3.57 Å². The van der Waals surface area contributed by atoms with Crippen LogP contribution in [-0.2, 0) is 0 Å². The van der Waals surface area contributed by atoms with E-state index in [2.05, 4.69) is 27.6 Å². The van der Waals surface area contributed by atoms with E-state index in [9.17, 15) is 9.59 Å². The molecule has 1 aliphatic rings. The summed E-state index contributed by atoms with van der Waals surface area (Å²) in [5.41, 5.74) is 1.52. The summed E-state index contributed by atoms with van der Waals surface area (Å²) in [4.78, 5) is 29.3. The van der Waals surface area contributed by atoms with Crippen molar-refractivity contribution in [2.24, 2.45) is 0 Å². The number of hydrogen-bond donors (Lipinski definition) is 0. The minimum Gasteiger partial charge on any atom is -0.285 e. The molecule has 0 saturated heterocycles. The number of para-hydroxylation sites is 1. The van der Waals surface area contributed by atoms with Gasteiger partial charge in [-0.15, -0.1) is 0 Å². The summed E-state index contributed by atoms with van der Waals surface area (Å²) in [7, 11) is 0. The van der Waals surface area contributed by atoms with Gasteiger partial charge in [-0.25, -0.2) is 4.98 Å². The highest BCUT2D eigenvalue weighted by atomic mass is 127. The zero-order valence-corrected chi connectivity index (χ0v) is 12.3. The van der Waals surface area contributed by atoms with Crippen LogP contribution in [0.2, 0.25) is 0 Å². The Morgan fingerprint density at radius 2 is 1.85 bits per heavy atom. The Labute approximate surface area is 127 Å². The van der Waals surface area contributed by atoms with Crippen LogP contribution in [0.15, 0.2) is 47.3 Å². The highest BCUT2D eigenvalue weighted by molar-refractivity contribution is 14.1. The van der Waals surface area contributed by atoms with E-state index >= 15 is 0 Å². The Bertz CT molecular complexity index is 960. The molecule has 3 aromatic rings. The average molecular weight is 374 g/mol. The molecular formula is C15H7IN2O2. The maximum atomic E-state index is 12.6. The number of carbonyl (C=O) groups excluding carboxylic acids is 1. The van der Waals surface area contributed by atoms with E-state index < -0.39 is 0 Å². The number of benzene rings is 2. The highest BCUT2D eigenvalue weighted by Gasteiger charge is 2.30. The van der Waals surface area contributed by atoms with Gasteiger partial charge in [0.05, 0.1) is 22.2 Å². The summed E-state index contributed by atoms with van der Waals surface area (Å²) in [6.07, 6.45) is 0. The molecule has 4 nitrogen and oxygen atoms in total. The summed E-state index contributed by atoms with van der Waals surface area (Å²) >= 11 is 2.15. The summed E-state index contributed by atoms with van der Waals surface area (Å²) in [5, 5.41) is 0.524. The standard InChI is InChI=1S/C15H7IN2O2/c16-8-5-6-12-10(7-8)13(19)14-17-11-4-2-1-3-9(11)15(20)18(12)14/h1-7H. The van der Waals surface area contributed by atoms with Crippen molar-refractivity contribution < 1.29 is 4.79 Å². The van der Waals surface area contributed by atoms with Crippen LogP contribution in [0.3, 0.4) is 0 Å². The molecule has 0 saturated carbocycles. The molecule has 20 heavy (non-hydrogen) atoms. The Balaban J connectivity index is 2.20. The second kappa shape index (κ2) is 3.99. The molecule has 1 aliphatic heterocycles. The zero-order chi connectivity index (χ0) is 13.9. The van der Waals surface area contributed by atoms with Crippen LogP contribution < -0.4 is 5.56 Å². The van der Waals surface area contributed by atoms with E-state index in [1.807, 2.05) is 6.07 Å². The first kappa shape index (κ1) is 11.8. The second-order valence-corrected chi connectivity index (χ2v) is 5.83. The number of fused-ring (bicyclic) bond motifs is 4. The third-order valence-electron chi connectivity index (χ3n) is 3.42. The number of nitrogens with zero attached hydrogens (tertiary/aromatic N) is 2. The monoisotopic (exact) mass is 374 g/mol. The fourth-order valence-corrected chi connectivity index (χ4v) is 3.01. The lowest BCUT2D eigenvalue weighted by atomic mass is 10.1. The van der Waals surface area contributed by atoms with E-state index in [1.54, 1.807) is 36.4 Å². The molecule has 4 rings (SSSR count). The quantitative estimate of drug-likeness (QED) is 0.445. The minimum atomic E-state index is -0.195. The SMILES string of the molecule is O=C1c2cc(I)ccc2-n2c1nc1ccccc1c2=O. The van der Waals surface area contributed by atoms with Gasteiger partial charge in [0.25, 0.3) is 5.56 Å². The van der Waals surface area contributed by atoms with E-state index in [0.29, 0.717) is 22.2 Å². The molecule has 0 fully saturated rings. The maximum Gasteiger partial charge on any atom is 0.266 e. The van der Waals surface area contributed by atoms with Gasteiger partial charge in [0.2, 0.25) is 5.78 Å². The molecule has 0 atom stereocenters. The van der Waals surface area contributed by atoms with Gasteiger partial charge in [-0.05, 0) is 52.9 Å². The van der Waals surface area contributed by atoms with Gasteiger partial charge in [-0.2, -0.15) is 0 Å². The van der Waals surface area contributed by atoms with E-state index in [4.69, 9.17) is 0 Å². The molecule has 2 aromatic carbocycles. The van der Waals surface area contributed by atoms with Crippen LogP contribution in [0.25, 0.3) is 16.6 Å². The first-order valence-electron chi connectivity index (χ1n) is 6.03. The molecule has 1 aromatic heterocycles. The summed E-state index contributed by atoms with van der Waals surface area (Å²) < 4.78 is 2.37. The third kappa shape index (κ3) is 1.44. The number of aromatic nitrogens is 2. The normalized spacial score (nSPS) is 12.6. The predicted octanol–water partition coefficient (Wildman–Crippen LogP) is 2.53. The van der Waals surface area contributed by atoms with Crippen molar-refractivity contribution in [3.63, 3.8) is 0 Å². The zero-order valence-electron chi connectivity index (χ0n) is 10.1. The smallest absolute Gasteiger partial charge is 0.266 e. The molecule has 0 radical (unpaired) electrons. The van der Waals surface area contributed by atoms with Crippen molar-refractivity contribution >= 4 is 39.3 Å². The fraction of sp³-hybridized carbons (Fsp3) is 0. The third-order valence-corrected chi connectivity index (χ3v) is 4.09. The van der Waals surface area contributed by atoms with Crippen molar-refractivity contribution in [1.29, 1.82) is 0 Å². The van der Waals surface area contributed by atoms with Gasteiger partial charge < -0.3 is 0 Å². The van der Waals surface area contributed by atoms with Crippen LogP contribution in [-0.4, -0.2) is 15.3 Å². The van der Waals surface area contributed by atoms with Crippen molar-refractivity contribution in [2.45, 2.75) is 0 Å². The molecule has 5 heteroatoms. The van der Waals surface area contributed by atoms with E-state index in [-0.39, 0.29) is 17.2 Å². The first-order chi connectivity index (χ1) is 9.66. The lowest BCUT2D eigenvalue weighted by molar-refractivity contribution is 0.103. The Kier molecular flexibility index (Phi) is 2.35. The lowest BCUT2D eigenvalue weighted by Gasteiger charge is -2.05. The first-order valence-corrected chi connectivity index (χ1v) is 7.11. The van der Waals surface area contributed by atoms with Gasteiger partial charge in [0, 0.05) is 3.57 Å². The van der Waals surface area contributed by atoms with Gasteiger partial charge in [-0.1, -0.05) is 12.1 Å². The molecule has 0 bridgehead atoms. The fourth-order valence-electron chi connectivity index (χ4n) is 2.51. The van der Waals surface area contributed by atoms with Crippen LogP contribution in [0.4, 0.5) is 0 Å². The van der Waals surface area contributed by atoms with Crippen molar-refractivity contribution in [3.05, 3.63) is 67.8 Å². The molecule has 96 valence electrons. The van der Waals surface area contributed by atoms with Crippen LogP contribution >= 0.6 is 22.6 Å². The summed E-state index contributed by atoms with van der Waals surface area (Å²) in [6, 6.07) is 12.5. The molecule has 2 heterocycles. The van der Waals surface area contributed by atoms with Gasteiger partial charge >= 0.3 is 0 Å². The molecule has 0 spiro atoms. The van der Waals surface area contributed by atoms with Gasteiger partial charge in [-0.3, -0.25) is 14.2 Å². The largest absolute Gasteiger partial charge is 0.285 e. The maximum absolute atomic E-state index is 12.6. The van der Waals surface area contributed by atoms with Crippen molar-refractivity contribution in [3.8, 4) is 5.69 Å². The summed E-state index contributed by atoms with van der Waals surface area (Å²) in [6.45, 7) is 0. The van der Waals surface area contributed by atoms with Crippen LogP contribution in [0.5, 0.6) is 0 Å². The Hall–Kier alpha value is -2.02. The van der Waals surface area contributed by atoms with Crippen molar-refractivity contribution in [1.82, 2.24) is 9.55 Å². The second-order valence-electron chi connectivity index (χ2n) is 4.58. The topological polar surface area (TPSA) is 52.0 Å². The number of ketones is 1. The average Bonchev–Trinajstić information content (AvgIpc) is 2.73. The molecule has 0 unspecified atom stereocenters. The Morgan fingerprint density at radius 3 is 2.70 bits per heavy atom.